The predicted octanol–water partition coefficient (Wildman–Crippen LogP) is 2.22. The summed E-state index contributed by atoms with van der Waals surface area (Å²) < 4.78 is 0. The van der Waals surface area contributed by atoms with E-state index in [4.69, 9.17) is 11.6 Å². The van der Waals surface area contributed by atoms with Crippen LogP contribution in [-0.2, 0) is 0 Å². The molecule has 0 spiro atoms. The highest BCUT2D eigenvalue weighted by atomic mass is 35.5. The molecule has 1 rings (SSSR count). The van der Waals surface area contributed by atoms with E-state index >= 15 is 0 Å². The molecule has 9 heavy (non-hydrogen) atoms. The third-order valence-electron chi connectivity index (χ3n) is 1.32. The third-order valence-corrected chi connectivity index (χ3v) is 1.67. The van der Waals surface area contributed by atoms with Crippen LogP contribution in [0.1, 0.15) is 13.8 Å². The van der Waals surface area contributed by atoms with Crippen molar-refractivity contribution in [3.05, 3.63) is 11.1 Å². The standard InChI is InChI=1S/C7H10ClN/c1-5(2)7-6(8)3-4-9-7/h3,5H,4H2,1-2H3. The zero-order chi connectivity index (χ0) is 6.85. The first-order chi connectivity index (χ1) is 4.22. The van der Waals surface area contributed by atoms with Crippen LogP contribution in [-0.4, -0.2) is 12.3 Å². The van der Waals surface area contributed by atoms with Crippen LogP contribution in [0.25, 0.3) is 0 Å². The van der Waals surface area contributed by atoms with E-state index < -0.39 is 0 Å². The molecular formula is C7H10ClN. The van der Waals surface area contributed by atoms with Gasteiger partial charge in [-0.3, -0.25) is 4.99 Å². The average molecular weight is 144 g/mol. The minimum absolute atomic E-state index is 0.469. The Hall–Kier alpha value is -0.300. The van der Waals surface area contributed by atoms with E-state index in [1.54, 1.807) is 0 Å². The average Bonchev–Trinajstić information content (AvgIpc) is 2.13. The van der Waals surface area contributed by atoms with Gasteiger partial charge in [-0.1, -0.05) is 25.4 Å². The Morgan fingerprint density at radius 1 is 1.67 bits per heavy atom. The maximum absolute atomic E-state index is 5.80. The first-order valence-electron chi connectivity index (χ1n) is 3.12. The van der Waals surface area contributed by atoms with Gasteiger partial charge in [-0.15, -0.1) is 0 Å². The molecule has 0 unspecified atom stereocenters. The number of allylic oxidation sites excluding steroid dienone is 1. The molecule has 0 aromatic carbocycles. The smallest absolute Gasteiger partial charge is 0.0597 e. The van der Waals surface area contributed by atoms with Gasteiger partial charge in [0.25, 0.3) is 0 Å². The van der Waals surface area contributed by atoms with Crippen LogP contribution in [0.2, 0.25) is 0 Å². The molecule has 1 nitrogen and oxygen atoms in total. The van der Waals surface area contributed by atoms with E-state index in [2.05, 4.69) is 18.8 Å². The predicted molar refractivity (Wildman–Crippen MR) is 41.1 cm³/mol. The lowest BCUT2D eigenvalue weighted by Gasteiger charge is -2.02. The minimum Gasteiger partial charge on any atom is -0.284 e. The van der Waals surface area contributed by atoms with Crippen molar-refractivity contribution in [2.75, 3.05) is 6.54 Å². The van der Waals surface area contributed by atoms with E-state index in [9.17, 15) is 0 Å². The van der Waals surface area contributed by atoms with Crippen molar-refractivity contribution in [3.63, 3.8) is 0 Å². The SMILES string of the molecule is CC(C)C1=NCC=C1Cl. The molecule has 0 aromatic heterocycles. The highest BCUT2D eigenvalue weighted by molar-refractivity contribution is 6.44. The van der Waals surface area contributed by atoms with Crippen molar-refractivity contribution in [2.45, 2.75) is 13.8 Å². The van der Waals surface area contributed by atoms with Gasteiger partial charge in [0, 0.05) is 0 Å². The second-order valence-electron chi connectivity index (χ2n) is 2.43. The molecule has 0 radical (unpaired) electrons. The molecule has 1 aliphatic heterocycles. The first-order valence-corrected chi connectivity index (χ1v) is 3.50. The Balaban J connectivity index is 2.72. The van der Waals surface area contributed by atoms with Gasteiger partial charge in [0.1, 0.15) is 0 Å². The summed E-state index contributed by atoms with van der Waals surface area (Å²) in [6.45, 7) is 4.97. The van der Waals surface area contributed by atoms with E-state index in [0.717, 1.165) is 17.3 Å². The summed E-state index contributed by atoms with van der Waals surface area (Å²) in [6.07, 6.45) is 1.94. The van der Waals surface area contributed by atoms with Crippen molar-refractivity contribution in [1.82, 2.24) is 0 Å². The normalized spacial score (nSPS) is 18.2. The van der Waals surface area contributed by atoms with Gasteiger partial charge in [0.05, 0.1) is 17.3 Å². The van der Waals surface area contributed by atoms with Crippen LogP contribution in [0.5, 0.6) is 0 Å². The lowest BCUT2D eigenvalue weighted by molar-refractivity contribution is 0.886. The molecule has 0 atom stereocenters. The van der Waals surface area contributed by atoms with Crippen molar-refractivity contribution in [1.29, 1.82) is 0 Å². The van der Waals surface area contributed by atoms with Crippen molar-refractivity contribution < 1.29 is 0 Å². The third kappa shape index (κ3) is 1.33. The van der Waals surface area contributed by atoms with Gasteiger partial charge in [0.2, 0.25) is 0 Å². The summed E-state index contributed by atoms with van der Waals surface area (Å²) in [5.41, 5.74) is 1.05. The molecule has 1 heterocycles. The van der Waals surface area contributed by atoms with Crippen molar-refractivity contribution in [3.8, 4) is 0 Å². The summed E-state index contributed by atoms with van der Waals surface area (Å²) in [5.74, 6) is 0.469. The zero-order valence-corrected chi connectivity index (χ0v) is 6.44. The molecule has 0 aliphatic carbocycles. The molecule has 1 aliphatic rings. The summed E-state index contributed by atoms with van der Waals surface area (Å²) in [5, 5.41) is 0.838. The Labute approximate surface area is 60.4 Å². The first kappa shape index (κ1) is 6.81. The van der Waals surface area contributed by atoms with Crippen LogP contribution in [0, 0.1) is 5.92 Å². The second kappa shape index (κ2) is 2.53. The van der Waals surface area contributed by atoms with Gasteiger partial charge in [-0.05, 0) is 12.0 Å². The lowest BCUT2D eigenvalue weighted by atomic mass is 10.1. The van der Waals surface area contributed by atoms with E-state index in [-0.39, 0.29) is 0 Å². The van der Waals surface area contributed by atoms with Crippen LogP contribution >= 0.6 is 11.6 Å². The zero-order valence-electron chi connectivity index (χ0n) is 5.69. The fourth-order valence-corrected chi connectivity index (χ4v) is 1.21. The van der Waals surface area contributed by atoms with Crippen molar-refractivity contribution in [2.24, 2.45) is 10.9 Å². The number of hydrogen-bond donors (Lipinski definition) is 0. The Morgan fingerprint density at radius 3 is 2.56 bits per heavy atom. The number of aliphatic imine (C=N–C) groups is 1. The van der Waals surface area contributed by atoms with Gasteiger partial charge in [-0.25, -0.2) is 0 Å². The highest BCUT2D eigenvalue weighted by Crippen LogP contribution is 2.16. The van der Waals surface area contributed by atoms with E-state index in [0.29, 0.717) is 5.92 Å². The Bertz CT molecular complexity index is 168. The van der Waals surface area contributed by atoms with Gasteiger partial charge < -0.3 is 0 Å². The summed E-state index contributed by atoms with van der Waals surface area (Å²) in [7, 11) is 0. The molecule has 0 amide bonds. The topological polar surface area (TPSA) is 12.4 Å². The molecule has 0 saturated carbocycles. The van der Waals surface area contributed by atoms with Crippen LogP contribution in [0.15, 0.2) is 16.1 Å². The maximum atomic E-state index is 5.80. The molecule has 0 fully saturated rings. The number of hydrogen-bond acceptors (Lipinski definition) is 1. The summed E-state index contributed by atoms with van der Waals surface area (Å²) in [6, 6.07) is 0. The summed E-state index contributed by atoms with van der Waals surface area (Å²) in [4.78, 5) is 4.21. The van der Waals surface area contributed by atoms with E-state index in [1.807, 2.05) is 6.08 Å². The fourth-order valence-electron chi connectivity index (χ4n) is 0.863. The number of nitrogens with zero attached hydrogens (tertiary/aromatic N) is 1. The highest BCUT2D eigenvalue weighted by Gasteiger charge is 2.11. The number of rotatable bonds is 1. The van der Waals surface area contributed by atoms with E-state index in [1.165, 1.54) is 0 Å². The fraction of sp³-hybridized carbons (Fsp3) is 0.571. The quantitative estimate of drug-likeness (QED) is 0.534. The van der Waals surface area contributed by atoms with Crippen LogP contribution in [0.4, 0.5) is 0 Å². The number of halogens is 1. The largest absolute Gasteiger partial charge is 0.284 e. The monoisotopic (exact) mass is 143 g/mol. The lowest BCUT2D eigenvalue weighted by Crippen LogP contribution is -2.04. The maximum Gasteiger partial charge on any atom is 0.0597 e. The Morgan fingerprint density at radius 2 is 2.33 bits per heavy atom. The second-order valence-corrected chi connectivity index (χ2v) is 2.84. The van der Waals surface area contributed by atoms with Crippen LogP contribution in [0.3, 0.4) is 0 Å². The van der Waals surface area contributed by atoms with Gasteiger partial charge in [0.15, 0.2) is 0 Å². The van der Waals surface area contributed by atoms with Crippen molar-refractivity contribution >= 4 is 17.3 Å². The molecule has 50 valence electrons. The molecule has 0 aromatic rings. The molecule has 0 saturated heterocycles. The van der Waals surface area contributed by atoms with Gasteiger partial charge in [-0.2, -0.15) is 0 Å². The summed E-state index contributed by atoms with van der Waals surface area (Å²) >= 11 is 5.80. The Kier molecular flexibility index (Phi) is 1.91. The molecule has 0 bridgehead atoms. The minimum atomic E-state index is 0.469. The molecular weight excluding hydrogens is 134 g/mol. The van der Waals surface area contributed by atoms with Crippen LogP contribution < -0.4 is 0 Å². The van der Waals surface area contributed by atoms with Gasteiger partial charge >= 0.3 is 0 Å². The molecule has 0 N–H and O–H groups in total. The molecule has 2 heteroatoms.